The van der Waals surface area contributed by atoms with Crippen molar-refractivity contribution in [2.24, 2.45) is 0 Å². The zero-order chi connectivity index (χ0) is 19.4. The van der Waals surface area contributed by atoms with Crippen LogP contribution in [-0.4, -0.2) is 21.0 Å². The van der Waals surface area contributed by atoms with E-state index in [9.17, 15) is 14.9 Å². The van der Waals surface area contributed by atoms with Gasteiger partial charge in [0.05, 0.1) is 16.4 Å². The van der Waals surface area contributed by atoms with Gasteiger partial charge in [0.25, 0.3) is 5.69 Å². The van der Waals surface area contributed by atoms with Gasteiger partial charge < -0.3 is 9.26 Å². The first-order chi connectivity index (χ1) is 12.9. The van der Waals surface area contributed by atoms with Crippen LogP contribution >= 0.6 is 23.2 Å². The van der Waals surface area contributed by atoms with Gasteiger partial charge in [0, 0.05) is 29.1 Å². The number of carbonyl (C=O) groups excluding carboxylic acids is 1. The highest BCUT2D eigenvalue weighted by molar-refractivity contribution is 6.32. The molecule has 0 unspecified atom stereocenters. The molecule has 3 aromatic rings. The molecule has 8 nitrogen and oxygen atoms in total. The zero-order valence-corrected chi connectivity index (χ0v) is 15.1. The summed E-state index contributed by atoms with van der Waals surface area (Å²) in [5.74, 6) is 0.108. The molecule has 0 aliphatic heterocycles. The molecule has 0 aliphatic rings. The number of benzene rings is 2. The third-order valence-corrected chi connectivity index (χ3v) is 4.01. The van der Waals surface area contributed by atoms with Crippen molar-refractivity contribution in [2.45, 2.75) is 12.8 Å². The number of nitro groups is 1. The van der Waals surface area contributed by atoms with Crippen LogP contribution in [0.1, 0.15) is 12.3 Å². The normalized spacial score (nSPS) is 10.6. The smallest absolute Gasteiger partial charge is 0.311 e. The van der Waals surface area contributed by atoms with E-state index in [4.69, 9.17) is 32.5 Å². The van der Waals surface area contributed by atoms with Gasteiger partial charge in [-0.15, -0.1) is 0 Å². The lowest BCUT2D eigenvalue weighted by Crippen LogP contribution is -2.09. The van der Waals surface area contributed by atoms with Crippen molar-refractivity contribution in [3.63, 3.8) is 0 Å². The maximum atomic E-state index is 12.0. The Balaban J connectivity index is 1.58. The number of ether oxygens (including phenoxy) is 1. The monoisotopic (exact) mass is 407 g/mol. The van der Waals surface area contributed by atoms with E-state index in [1.807, 2.05) is 0 Å². The lowest BCUT2D eigenvalue weighted by molar-refractivity contribution is -0.384. The Morgan fingerprint density at radius 2 is 1.93 bits per heavy atom. The first kappa shape index (κ1) is 18.8. The maximum Gasteiger partial charge on any atom is 0.311 e. The Bertz CT molecular complexity index is 988. The van der Waals surface area contributed by atoms with Crippen LogP contribution in [0.5, 0.6) is 5.75 Å². The number of aromatic nitrogens is 2. The number of non-ortho nitro benzene ring substituents is 1. The first-order valence-electron chi connectivity index (χ1n) is 7.65. The minimum atomic E-state index is -0.592. The summed E-state index contributed by atoms with van der Waals surface area (Å²) in [6.07, 6.45) is 0.138. The molecule has 138 valence electrons. The van der Waals surface area contributed by atoms with Gasteiger partial charge in [-0.3, -0.25) is 14.9 Å². The summed E-state index contributed by atoms with van der Waals surface area (Å²) >= 11 is 11.7. The summed E-state index contributed by atoms with van der Waals surface area (Å²) in [5.41, 5.74) is 0.537. The van der Waals surface area contributed by atoms with Crippen molar-refractivity contribution >= 4 is 34.9 Å². The van der Waals surface area contributed by atoms with E-state index in [0.717, 1.165) is 11.6 Å². The second kappa shape index (κ2) is 8.15. The summed E-state index contributed by atoms with van der Waals surface area (Å²) in [6, 6.07) is 10.5. The van der Waals surface area contributed by atoms with Crippen molar-refractivity contribution < 1.29 is 19.0 Å². The van der Waals surface area contributed by atoms with E-state index in [1.165, 1.54) is 12.1 Å². The topological polar surface area (TPSA) is 108 Å². The standard InChI is InChI=1S/C17H11Cl2N3O5/c18-11-3-1-10(2-4-11)17-20-15(27-21-17)7-8-16(23)26-14-6-5-12(22(24)25)9-13(14)19/h1-6,9H,7-8H2. The van der Waals surface area contributed by atoms with Gasteiger partial charge in [-0.2, -0.15) is 4.98 Å². The average molecular weight is 408 g/mol. The lowest BCUT2D eigenvalue weighted by Gasteiger charge is -2.05. The van der Waals surface area contributed by atoms with Crippen molar-refractivity contribution in [3.8, 4) is 17.1 Å². The van der Waals surface area contributed by atoms with Crippen molar-refractivity contribution in [1.82, 2.24) is 10.1 Å². The molecule has 0 N–H and O–H groups in total. The third-order valence-electron chi connectivity index (χ3n) is 3.46. The quantitative estimate of drug-likeness (QED) is 0.256. The number of esters is 1. The molecule has 0 aliphatic carbocycles. The van der Waals surface area contributed by atoms with E-state index in [1.54, 1.807) is 24.3 Å². The van der Waals surface area contributed by atoms with Gasteiger partial charge in [0.1, 0.15) is 5.75 Å². The molecule has 27 heavy (non-hydrogen) atoms. The predicted octanol–water partition coefficient (Wildman–Crippen LogP) is 4.49. The Kier molecular flexibility index (Phi) is 5.68. The van der Waals surface area contributed by atoms with Crippen LogP contribution < -0.4 is 4.74 Å². The molecule has 10 heteroatoms. The van der Waals surface area contributed by atoms with E-state index < -0.39 is 10.9 Å². The van der Waals surface area contributed by atoms with Crippen LogP contribution in [0, 0.1) is 10.1 Å². The van der Waals surface area contributed by atoms with Gasteiger partial charge in [0.15, 0.2) is 0 Å². The first-order valence-corrected chi connectivity index (χ1v) is 8.41. The highest BCUT2D eigenvalue weighted by Gasteiger charge is 2.15. The fourth-order valence-corrected chi connectivity index (χ4v) is 2.48. The van der Waals surface area contributed by atoms with Crippen LogP contribution in [0.3, 0.4) is 0 Å². The van der Waals surface area contributed by atoms with Crippen LogP contribution in [0.25, 0.3) is 11.4 Å². The molecule has 0 bridgehead atoms. The summed E-state index contributed by atoms with van der Waals surface area (Å²) in [6.45, 7) is 0. The Morgan fingerprint density at radius 3 is 2.59 bits per heavy atom. The highest BCUT2D eigenvalue weighted by Crippen LogP contribution is 2.29. The largest absolute Gasteiger partial charge is 0.425 e. The summed E-state index contributed by atoms with van der Waals surface area (Å²) in [4.78, 5) is 26.2. The minimum Gasteiger partial charge on any atom is -0.425 e. The van der Waals surface area contributed by atoms with E-state index in [-0.39, 0.29) is 35.2 Å². The van der Waals surface area contributed by atoms with E-state index in [2.05, 4.69) is 10.1 Å². The summed E-state index contributed by atoms with van der Waals surface area (Å²) < 4.78 is 10.2. The Hall–Kier alpha value is -2.97. The number of hydrogen-bond donors (Lipinski definition) is 0. The lowest BCUT2D eigenvalue weighted by atomic mass is 10.2. The molecule has 0 saturated heterocycles. The zero-order valence-electron chi connectivity index (χ0n) is 13.6. The Morgan fingerprint density at radius 1 is 1.19 bits per heavy atom. The molecule has 0 amide bonds. The maximum absolute atomic E-state index is 12.0. The third kappa shape index (κ3) is 4.81. The fraction of sp³-hybridized carbons (Fsp3) is 0.118. The van der Waals surface area contributed by atoms with Gasteiger partial charge in [-0.05, 0) is 30.3 Å². The number of carbonyl (C=O) groups is 1. The molecular formula is C17H11Cl2N3O5. The SMILES string of the molecule is O=C(CCc1nc(-c2ccc(Cl)cc2)no1)Oc1ccc([N+](=O)[O-])cc1Cl. The summed E-state index contributed by atoms with van der Waals surface area (Å²) in [7, 11) is 0. The van der Waals surface area contributed by atoms with Gasteiger partial charge in [-0.25, -0.2) is 0 Å². The molecule has 0 saturated carbocycles. The highest BCUT2D eigenvalue weighted by atomic mass is 35.5. The molecule has 1 heterocycles. The van der Waals surface area contributed by atoms with E-state index >= 15 is 0 Å². The average Bonchev–Trinajstić information content (AvgIpc) is 3.11. The van der Waals surface area contributed by atoms with Gasteiger partial charge in [-0.1, -0.05) is 28.4 Å². The molecule has 0 spiro atoms. The molecule has 0 atom stereocenters. The van der Waals surface area contributed by atoms with Crippen LogP contribution in [-0.2, 0) is 11.2 Å². The van der Waals surface area contributed by atoms with Crippen molar-refractivity contribution in [2.75, 3.05) is 0 Å². The number of nitro benzene ring substituents is 1. The Labute approximate surface area is 162 Å². The van der Waals surface area contributed by atoms with Crippen molar-refractivity contribution in [3.05, 3.63) is 68.5 Å². The minimum absolute atomic E-state index is 0.0274. The van der Waals surface area contributed by atoms with E-state index in [0.29, 0.717) is 10.8 Å². The molecule has 1 aromatic heterocycles. The molecule has 2 aromatic carbocycles. The molecule has 3 rings (SSSR count). The van der Waals surface area contributed by atoms with Crippen LogP contribution in [0.4, 0.5) is 5.69 Å². The van der Waals surface area contributed by atoms with Crippen molar-refractivity contribution in [1.29, 1.82) is 0 Å². The number of rotatable bonds is 6. The molecule has 0 radical (unpaired) electrons. The van der Waals surface area contributed by atoms with Gasteiger partial charge >= 0.3 is 5.97 Å². The number of aryl methyl sites for hydroxylation is 1. The second-order valence-corrected chi connectivity index (χ2v) is 6.21. The van der Waals surface area contributed by atoms with Crippen LogP contribution in [0.15, 0.2) is 47.0 Å². The fourth-order valence-electron chi connectivity index (χ4n) is 2.14. The van der Waals surface area contributed by atoms with Crippen LogP contribution in [0.2, 0.25) is 10.0 Å². The number of halogens is 2. The second-order valence-electron chi connectivity index (χ2n) is 5.36. The van der Waals surface area contributed by atoms with Gasteiger partial charge in [0.2, 0.25) is 11.7 Å². The molecule has 0 fully saturated rings. The number of hydrogen-bond acceptors (Lipinski definition) is 7. The predicted molar refractivity (Wildman–Crippen MR) is 96.8 cm³/mol. The number of nitrogens with zero attached hydrogens (tertiary/aromatic N) is 3. The molecular weight excluding hydrogens is 397 g/mol. The summed E-state index contributed by atoms with van der Waals surface area (Å²) in [5, 5.41) is 15.1.